The minimum atomic E-state index is -0.345. The van der Waals surface area contributed by atoms with Gasteiger partial charge in [0, 0.05) is 38.6 Å². The molecule has 0 aliphatic carbocycles. The van der Waals surface area contributed by atoms with Gasteiger partial charge in [0.05, 0.1) is 24.0 Å². The normalized spacial score (nSPS) is 16.1. The zero-order valence-corrected chi connectivity index (χ0v) is 21.1. The van der Waals surface area contributed by atoms with E-state index in [0.29, 0.717) is 34.5 Å². The van der Waals surface area contributed by atoms with E-state index in [9.17, 15) is 14.0 Å². The van der Waals surface area contributed by atoms with Crippen LogP contribution in [0.1, 0.15) is 41.6 Å². The summed E-state index contributed by atoms with van der Waals surface area (Å²) in [7, 11) is 5.46. The number of benzene rings is 2. The van der Waals surface area contributed by atoms with Crippen molar-refractivity contribution < 1.29 is 18.4 Å². The second kappa shape index (κ2) is 10.2. The second-order valence-electron chi connectivity index (χ2n) is 9.02. The fraction of sp³-hybridized carbons (Fsp3) is 0.296. The fourth-order valence-corrected chi connectivity index (χ4v) is 4.22. The van der Waals surface area contributed by atoms with Crippen LogP contribution in [0.2, 0.25) is 0 Å². The molecule has 2 heterocycles. The Labute approximate surface area is 209 Å². The number of halogens is 1. The van der Waals surface area contributed by atoms with Crippen LogP contribution in [0.3, 0.4) is 0 Å². The maximum atomic E-state index is 13.4. The summed E-state index contributed by atoms with van der Waals surface area (Å²) in [5.41, 5.74) is 3.46. The Kier molecular flexibility index (Phi) is 7.10. The lowest BCUT2D eigenvalue weighted by molar-refractivity contribution is 0.0948. The minimum absolute atomic E-state index is 0.127. The van der Waals surface area contributed by atoms with Crippen molar-refractivity contribution >= 4 is 34.3 Å². The summed E-state index contributed by atoms with van der Waals surface area (Å²) >= 11 is 0. The van der Waals surface area contributed by atoms with Crippen molar-refractivity contribution in [2.24, 2.45) is 5.10 Å². The van der Waals surface area contributed by atoms with E-state index in [4.69, 9.17) is 4.42 Å². The molecule has 1 atom stereocenters. The zero-order valence-electron chi connectivity index (χ0n) is 21.1. The molecule has 3 amide bonds. The molecule has 3 aromatic rings. The van der Waals surface area contributed by atoms with Gasteiger partial charge in [0.2, 0.25) is 0 Å². The summed E-state index contributed by atoms with van der Waals surface area (Å²) in [6.07, 6.45) is 3.74. The Morgan fingerprint density at radius 2 is 2.00 bits per heavy atom. The Morgan fingerprint density at radius 3 is 2.75 bits per heavy atom. The van der Waals surface area contributed by atoms with E-state index in [1.54, 1.807) is 46.1 Å². The van der Waals surface area contributed by atoms with E-state index >= 15 is 0 Å². The highest BCUT2D eigenvalue weighted by Gasteiger charge is 2.33. The standard InChI is InChI=1S/C27H30FN5O3/c1-17(30-31(3)4)7-6-12-33-24-15-19(8-10-23(24)18(2)32(5)27(33)35)26(34)29-16-22-14-20-13-21(28)9-11-25(20)36-22/h6-11,13-15,18H,12,16H2,1-5H3,(H,29,34)/b7-6+,30-17-. The molecular formula is C27H30FN5O3. The zero-order chi connectivity index (χ0) is 26.0. The molecule has 9 heteroatoms. The second-order valence-corrected chi connectivity index (χ2v) is 9.02. The number of hydrogen-bond acceptors (Lipinski definition) is 5. The van der Waals surface area contributed by atoms with Gasteiger partial charge < -0.3 is 19.6 Å². The van der Waals surface area contributed by atoms with Crippen molar-refractivity contribution in [3.63, 3.8) is 0 Å². The first-order valence-electron chi connectivity index (χ1n) is 11.7. The molecule has 0 saturated heterocycles. The number of allylic oxidation sites excluding steroid dienone is 1. The largest absolute Gasteiger partial charge is 0.459 e. The van der Waals surface area contributed by atoms with Crippen LogP contribution >= 0.6 is 0 Å². The number of rotatable bonds is 7. The summed E-state index contributed by atoms with van der Waals surface area (Å²) in [5.74, 6) is -0.122. The number of fused-ring (bicyclic) bond motifs is 2. The fourth-order valence-electron chi connectivity index (χ4n) is 4.22. The monoisotopic (exact) mass is 491 g/mol. The number of carbonyl (C=O) groups is 2. The molecule has 1 aliphatic heterocycles. The summed E-state index contributed by atoms with van der Waals surface area (Å²) in [4.78, 5) is 29.4. The number of nitrogens with one attached hydrogen (secondary N) is 1. The summed E-state index contributed by atoms with van der Waals surface area (Å²) in [6, 6.07) is 11.1. The lowest BCUT2D eigenvalue weighted by atomic mass is 9.98. The topological polar surface area (TPSA) is 81.4 Å². The molecule has 0 bridgehead atoms. The maximum absolute atomic E-state index is 13.4. The van der Waals surface area contributed by atoms with E-state index in [0.717, 1.165) is 11.3 Å². The third-order valence-corrected chi connectivity index (χ3v) is 6.10. The highest BCUT2D eigenvalue weighted by molar-refractivity contribution is 6.00. The van der Waals surface area contributed by atoms with Crippen molar-refractivity contribution in [2.75, 3.05) is 32.6 Å². The van der Waals surface area contributed by atoms with Gasteiger partial charge >= 0.3 is 6.03 Å². The number of hydrazone groups is 1. The van der Waals surface area contributed by atoms with Gasteiger partial charge in [-0.15, -0.1) is 0 Å². The lowest BCUT2D eigenvalue weighted by Crippen LogP contribution is -2.47. The summed E-state index contributed by atoms with van der Waals surface area (Å²) < 4.78 is 19.1. The molecule has 188 valence electrons. The Hall–Kier alpha value is -4.14. The molecule has 1 aliphatic rings. The van der Waals surface area contributed by atoms with E-state index in [-0.39, 0.29) is 30.3 Å². The quantitative estimate of drug-likeness (QED) is 0.375. The van der Waals surface area contributed by atoms with Crippen LogP contribution in [0.5, 0.6) is 0 Å². The molecule has 0 saturated carbocycles. The molecule has 0 spiro atoms. The van der Waals surface area contributed by atoms with Crippen LogP contribution in [0.25, 0.3) is 11.0 Å². The van der Waals surface area contributed by atoms with Crippen molar-refractivity contribution in [1.82, 2.24) is 15.2 Å². The van der Waals surface area contributed by atoms with Gasteiger partial charge in [0.25, 0.3) is 5.91 Å². The minimum Gasteiger partial charge on any atom is -0.459 e. The van der Waals surface area contributed by atoms with Gasteiger partial charge in [-0.1, -0.05) is 12.1 Å². The summed E-state index contributed by atoms with van der Waals surface area (Å²) in [5, 5.41) is 9.52. The number of furan rings is 1. The first kappa shape index (κ1) is 25.0. The molecular weight excluding hydrogens is 461 g/mol. The van der Waals surface area contributed by atoms with Gasteiger partial charge in [-0.25, -0.2) is 9.18 Å². The molecule has 1 unspecified atom stereocenters. The predicted octanol–water partition coefficient (Wildman–Crippen LogP) is 4.93. The molecule has 8 nitrogen and oxygen atoms in total. The smallest absolute Gasteiger partial charge is 0.325 e. The van der Waals surface area contributed by atoms with Crippen LogP contribution < -0.4 is 10.2 Å². The van der Waals surface area contributed by atoms with Crippen LogP contribution in [-0.2, 0) is 6.54 Å². The first-order chi connectivity index (χ1) is 17.1. The average Bonchev–Trinajstić information content (AvgIpc) is 3.24. The third kappa shape index (κ3) is 5.25. The number of carbonyl (C=O) groups excluding carboxylic acids is 2. The van der Waals surface area contributed by atoms with Crippen LogP contribution in [-0.4, -0.2) is 55.2 Å². The SMILES string of the molecule is CC(/C=C/CN1C(=O)N(C)C(C)c2ccc(C(=O)NCc3cc4cc(F)ccc4o3)cc21)=N/N(C)C. The van der Waals surface area contributed by atoms with Gasteiger partial charge in [0.15, 0.2) is 0 Å². The molecule has 36 heavy (non-hydrogen) atoms. The van der Waals surface area contributed by atoms with Crippen LogP contribution in [0, 0.1) is 5.82 Å². The number of amides is 3. The molecule has 4 rings (SSSR count). The Bertz CT molecular complexity index is 1360. The molecule has 1 aromatic heterocycles. The molecule has 2 aromatic carbocycles. The Morgan fingerprint density at radius 1 is 1.22 bits per heavy atom. The number of urea groups is 1. The van der Waals surface area contributed by atoms with Crippen molar-refractivity contribution in [3.05, 3.63) is 77.3 Å². The number of anilines is 1. The van der Waals surface area contributed by atoms with Gasteiger partial charge in [-0.05, 0) is 61.9 Å². The summed E-state index contributed by atoms with van der Waals surface area (Å²) in [6.45, 7) is 4.34. The van der Waals surface area contributed by atoms with Crippen molar-refractivity contribution in [2.45, 2.75) is 26.4 Å². The Balaban J connectivity index is 1.53. The lowest BCUT2D eigenvalue weighted by Gasteiger charge is -2.39. The van der Waals surface area contributed by atoms with Crippen molar-refractivity contribution in [3.8, 4) is 0 Å². The van der Waals surface area contributed by atoms with Gasteiger partial charge in [0.1, 0.15) is 17.2 Å². The average molecular weight is 492 g/mol. The van der Waals surface area contributed by atoms with Gasteiger partial charge in [-0.3, -0.25) is 9.69 Å². The molecule has 0 fully saturated rings. The van der Waals surface area contributed by atoms with E-state index in [1.807, 2.05) is 46.2 Å². The molecule has 1 N–H and O–H groups in total. The first-order valence-corrected chi connectivity index (χ1v) is 11.7. The van der Waals surface area contributed by atoms with E-state index in [1.165, 1.54) is 12.1 Å². The van der Waals surface area contributed by atoms with E-state index in [2.05, 4.69) is 10.4 Å². The predicted molar refractivity (Wildman–Crippen MR) is 139 cm³/mol. The van der Waals surface area contributed by atoms with Gasteiger partial charge in [-0.2, -0.15) is 5.10 Å². The van der Waals surface area contributed by atoms with Crippen molar-refractivity contribution in [1.29, 1.82) is 0 Å². The molecule has 0 radical (unpaired) electrons. The highest BCUT2D eigenvalue weighted by atomic mass is 19.1. The number of nitrogens with zero attached hydrogens (tertiary/aromatic N) is 4. The van der Waals surface area contributed by atoms with E-state index < -0.39 is 0 Å². The maximum Gasteiger partial charge on any atom is 0.325 e. The number of hydrogen-bond donors (Lipinski definition) is 1. The van der Waals surface area contributed by atoms with Crippen LogP contribution in [0.15, 0.2) is 64.1 Å². The van der Waals surface area contributed by atoms with Crippen LogP contribution in [0.4, 0.5) is 14.9 Å². The third-order valence-electron chi connectivity index (χ3n) is 6.10. The highest BCUT2D eigenvalue weighted by Crippen LogP contribution is 2.36.